The number of amides is 2. The molecular weight excluding hydrogens is 431 g/mol. The zero-order chi connectivity index (χ0) is 23.5. The second kappa shape index (κ2) is 13.1. The molecule has 2 aromatic rings. The molecule has 0 aliphatic rings. The van der Waals surface area contributed by atoms with Crippen LogP contribution in [0.1, 0.15) is 52.0 Å². The quantitative estimate of drug-likeness (QED) is 0.432. The van der Waals surface area contributed by atoms with Crippen LogP contribution in [0, 0.1) is 5.82 Å². The van der Waals surface area contributed by atoms with E-state index in [-0.39, 0.29) is 36.6 Å². The topological polar surface area (TPSA) is 58.6 Å². The van der Waals surface area contributed by atoms with E-state index in [0.717, 1.165) is 12.0 Å². The van der Waals surface area contributed by atoms with Crippen LogP contribution in [0.4, 0.5) is 4.39 Å². The Balaban J connectivity index is 2.05. The summed E-state index contributed by atoms with van der Waals surface area (Å²) in [6, 6.07) is 12.5. The Kier molecular flexibility index (Phi) is 10.5. The zero-order valence-corrected chi connectivity index (χ0v) is 19.7. The summed E-state index contributed by atoms with van der Waals surface area (Å²) in [7, 11) is 0. The molecule has 5 nitrogen and oxygen atoms in total. The van der Waals surface area contributed by atoms with Crippen molar-refractivity contribution in [2.45, 2.75) is 65.1 Å². The third-order valence-corrected chi connectivity index (χ3v) is 5.52. The van der Waals surface area contributed by atoms with Gasteiger partial charge in [-0.25, -0.2) is 4.39 Å². The van der Waals surface area contributed by atoms with Crippen molar-refractivity contribution in [3.8, 4) is 5.75 Å². The summed E-state index contributed by atoms with van der Waals surface area (Å²) in [5.74, 6) is 0.0341. The highest BCUT2D eigenvalue weighted by Crippen LogP contribution is 2.17. The summed E-state index contributed by atoms with van der Waals surface area (Å²) in [4.78, 5) is 27.6. The molecule has 0 aliphatic carbocycles. The molecular formula is C25H32ClFN2O3. The van der Waals surface area contributed by atoms with Crippen molar-refractivity contribution in [1.82, 2.24) is 10.2 Å². The zero-order valence-electron chi connectivity index (χ0n) is 18.9. The minimum Gasteiger partial charge on any atom is -0.494 e. The Labute approximate surface area is 194 Å². The standard InChI is InChI=1S/C25H32ClFN2O3/c1-4-18(3)28-25(31)23(5-2)29(17-19-8-12-21(27)13-9-19)24(30)7-6-16-32-22-14-10-20(26)11-15-22/h8-15,18,23H,4-7,16-17H2,1-3H3,(H,28,31)/t18-,23+/m0/s1. The summed E-state index contributed by atoms with van der Waals surface area (Å²) < 4.78 is 19.0. The van der Waals surface area contributed by atoms with Crippen LogP contribution in [0.2, 0.25) is 5.02 Å². The molecule has 7 heteroatoms. The summed E-state index contributed by atoms with van der Waals surface area (Å²) in [5.41, 5.74) is 0.770. The minimum absolute atomic E-state index is 0.0205. The number of halogens is 2. The van der Waals surface area contributed by atoms with Gasteiger partial charge in [-0.15, -0.1) is 0 Å². The fourth-order valence-electron chi connectivity index (χ4n) is 3.23. The molecule has 174 valence electrons. The molecule has 0 saturated carbocycles. The van der Waals surface area contributed by atoms with Crippen LogP contribution in [-0.4, -0.2) is 35.4 Å². The Bertz CT molecular complexity index is 858. The molecule has 0 bridgehead atoms. The SMILES string of the molecule is CC[C@H](C(=O)N[C@@H](C)CC)N(Cc1ccc(F)cc1)C(=O)CCCOc1ccc(Cl)cc1. The maximum absolute atomic E-state index is 13.3. The lowest BCUT2D eigenvalue weighted by molar-refractivity contribution is -0.141. The number of hydrogen-bond acceptors (Lipinski definition) is 3. The maximum atomic E-state index is 13.3. The van der Waals surface area contributed by atoms with Gasteiger partial charge in [0.15, 0.2) is 0 Å². The van der Waals surface area contributed by atoms with Crippen LogP contribution in [-0.2, 0) is 16.1 Å². The molecule has 2 amide bonds. The summed E-state index contributed by atoms with van der Waals surface area (Å²) in [6.07, 6.45) is 2.03. The number of nitrogens with one attached hydrogen (secondary N) is 1. The van der Waals surface area contributed by atoms with E-state index in [1.54, 1.807) is 41.3 Å². The third kappa shape index (κ3) is 8.15. The van der Waals surface area contributed by atoms with Crippen LogP contribution >= 0.6 is 11.6 Å². The summed E-state index contributed by atoms with van der Waals surface area (Å²) >= 11 is 5.87. The van der Waals surface area contributed by atoms with E-state index >= 15 is 0 Å². The third-order valence-electron chi connectivity index (χ3n) is 5.27. The minimum atomic E-state index is -0.598. The second-order valence-electron chi connectivity index (χ2n) is 7.80. The number of carbonyl (C=O) groups is 2. The van der Waals surface area contributed by atoms with Gasteiger partial charge in [0.1, 0.15) is 17.6 Å². The smallest absolute Gasteiger partial charge is 0.243 e. The Hall–Kier alpha value is -2.60. The molecule has 0 heterocycles. The van der Waals surface area contributed by atoms with Gasteiger partial charge in [0.05, 0.1) is 6.61 Å². The summed E-state index contributed by atoms with van der Waals surface area (Å²) in [6.45, 7) is 6.42. The Morgan fingerprint density at radius 2 is 1.72 bits per heavy atom. The van der Waals surface area contributed by atoms with Crippen molar-refractivity contribution in [2.75, 3.05) is 6.61 Å². The first kappa shape index (κ1) is 25.7. The van der Waals surface area contributed by atoms with E-state index in [0.29, 0.717) is 30.2 Å². The number of nitrogens with zero attached hydrogens (tertiary/aromatic N) is 1. The molecule has 1 N–H and O–H groups in total. The van der Waals surface area contributed by atoms with Gasteiger partial charge in [0.2, 0.25) is 11.8 Å². The van der Waals surface area contributed by atoms with E-state index in [4.69, 9.17) is 16.3 Å². The lowest BCUT2D eigenvalue weighted by Gasteiger charge is -2.31. The molecule has 0 aliphatic heterocycles. The molecule has 0 spiro atoms. The molecule has 0 fully saturated rings. The van der Waals surface area contributed by atoms with Crippen molar-refractivity contribution in [3.63, 3.8) is 0 Å². The average molecular weight is 463 g/mol. The van der Waals surface area contributed by atoms with Crippen molar-refractivity contribution in [1.29, 1.82) is 0 Å². The van der Waals surface area contributed by atoms with E-state index in [9.17, 15) is 14.0 Å². The van der Waals surface area contributed by atoms with Gasteiger partial charge in [-0.1, -0.05) is 37.6 Å². The number of rotatable bonds is 12. The molecule has 2 aromatic carbocycles. The highest BCUT2D eigenvalue weighted by Gasteiger charge is 2.28. The lowest BCUT2D eigenvalue weighted by atomic mass is 10.1. The van der Waals surface area contributed by atoms with Gasteiger partial charge in [0.25, 0.3) is 0 Å². The molecule has 32 heavy (non-hydrogen) atoms. The molecule has 0 aromatic heterocycles. The largest absolute Gasteiger partial charge is 0.494 e. The van der Waals surface area contributed by atoms with Crippen molar-refractivity contribution in [3.05, 3.63) is 64.9 Å². The van der Waals surface area contributed by atoms with Gasteiger partial charge in [-0.2, -0.15) is 0 Å². The molecule has 2 rings (SSSR count). The van der Waals surface area contributed by atoms with Crippen molar-refractivity contribution in [2.24, 2.45) is 0 Å². The highest BCUT2D eigenvalue weighted by atomic mass is 35.5. The number of carbonyl (C=O) groups excluding carboxylic acids is 2. The number of hydrogen-bond donors (Lipinski definition) is 1. The van der Waals surface area contributed by atoms with Gasteiger partial charge < -0.3 is 15.0 Å². The van der Waals surface area contributed by atoms with Crippen LogP contribution in [0.5, 0.6) is 5.75 Å². The first-order valence-corrected chi connectivity index (χ1v) is 11.4. The fourth-order valence-corrected chi connectivity index (χ4v) is 3.36. The molecule has 0 saturated heterocycles. The monoisotopic (exact) mass is 462 g/mol. The maximum Gasteiger partial charge on any atom is 0.243 e. The molecule has 2 atom stereocenters. The average Bonchev–Trinajstić information content (AvgIpc) is 2.78. The number of benzene rings is 2. The predicted octanol–water partition coefficient (Wildman–Crippen LogP) is 5.36. The van der Waals surface area contributed by atoms with Crippen molar-refractivity contribution < 1.29 is 18.7 Å². The Morgan fingerprint density at radius 1 is 1.06 bits per heavy atom. The lowest BCUT2D eigenvalue weighted by Crippen LogP contribution is -2.50. The molecule has 0 radical (unpaired) electrons. The van der Waals surface area contributed by atoms with Crippen LogP contribution in [0.15, 0.2) is 48.5 Å². The van der Waals surface area contributed by atoms with Gasteiger partial charge in [-0.3, -0.25) is 9.59 Å². The highest BCUT2D eigenvalue weighted by molar-refractivity contribution is 6.30. The van der Waals surface area contributed by atoms with Crippen LogP contribution < -0.4 is 10.1 Å². The first-order valence-electron chi connectivity index (χ1n) is 11.1. The fraction of sp³-hybridized carbons (Fsp3) is 0.440. The first-order chi connectivity index (χ1) is 15.3. The number of ether oxygens (including phenoxy) is 1. The van der Waals surface area contributed by atoms with E-state index in [2.05, 4.69) is 5.32 Å². The van der Waals surface area contributed by atoms with E-state index in [1.165, 1.54) is 12.1 Å². The van der Waals surface area contributed by atoms with E-state index < -0.39 is 6.04 Å². The van der Waals surface area contributed by atoms with E-state index in [1.807, 2.05) is 20.8 Å². The van der Waals surface area contributed by atoms with Crippen molar-refractivity contribution >= 4 is 23.4 Å². The second-order valence-corrected chi connectivity index (χ2v) is 8.23. The molecule has 0 unspecified atom stereocenters. The normalized spacial score (nSPS) is 12.7. The predicted molar refractivity (Wildman–Crippen MR) is 125 cm³/mol. The van der Waals surface area contributed by atoms with Gasteiger partial charge in [-0.05, 0) is 68.1 Å². The van der Waals surface area contributed by atoms with Crippen LogP contribution in [0.3, 0.4) is 0 Å². The summed E-state index contributed by atoms with van der Waals surface area (Å²) in [5, 5.41) is 3.61. The van der Waals surface area contributed by atoms with Gasteiger partial charge >= 0.3 is 0 Å². The Morgan fingerprint density at radius 3 is 2.31 bits per heavy atom. The van der Waals surface area contributed by atoms with Crippen LogP contribution in [0.25, 0.3) is 0 Å². The van der Waals surface area contributed by atoms with Gasteiger partial charge in [0, 0.05) is 24.0 Å².